The Kier molecular flexibility index (Phi) is 5.71. The van der Waals surface area contributed by atoms with Gasteiger partial charge in [-0.1, -0.05) is 72.8 Å². The number of fused-ring (bicyclic) bond motifs is 6. The lowest BCUT2D eigenvalue weighted by Crippen LogP contribution is -2.12. The molecular formula is C40H25N3. The lowest BCUT2D eigenvalue weighted by atomic mass is 9.75. The minimum Gasteiger partial charge on any atom is -0.309 e. The summed E-state index contributed by atoms with van der Waals surface area (Å²) in [7, 11) is 0. The van der Waals surface area contributed by atoms with Crippen molar-refractivity contribution in [2.45, 2.75) is 12.3 Å². The molecule has 1 atom stereocenters. The van der Waals surface area contributed by atoms with Crippen molar-refractivity contribution in [3.05, 3.63) is 161 Å². The second-order valence-corrected chi connectivity index (χ2v) is 11.2. The van der Waals surface area contributed by atoms with Gasteiger partial charge in [0, 0.05) is 22.4 Å². The first-order chi connectivity index (χ1) is 21.2. The minimum atomic E-state index is 0.256. The van der Waals surface area contributed by atoms with Crippen molar-refractivity contribution in [2.75, 3.05) is 0 Å². The van der Waals surface area contributed by atoms with Gasteiger partial charge in [0.25, 0.3) is 0 Å². The smallest absolute Gasteiger partial charge is 0.0991 e. The number of para-hydroxylation sites is 1. The first-order valence-corrected chi connectivity index (χ1v) is 14.5. The quantitative estimate of drug-likeness (QED) is 0.221. The maximum Gasteiger partial charge on any atom is 0.0991 e. The van der Waals surface area contributed by atoms with Crippen molar-refractivity contribution in [2.24, 2.45) is 0 Å². The second kappa shape index (κ2) is 9.88. The number of rotatable bonds is 3. The van der Waals surface area contributed by atoms with E-state index in [1.54, 1.807) is 0 Å². The third-order valence-corrected chi connectivity index (χ3v) is 8.86. The van der Waals surface area contributed by atoms with Gasteiger partial charge >= 0.3 is 0 Å². The van der Waals surface area contributed by atoms with Gasteiger partial charge in [-0.15, -0.1) is 0 Å². The van der Waals surface area contributed by atoms with E-state index >= 15 is 0 Å². The highest BCUT2D eigenvalue weighted by molar-refractivity contribution is 6.10. The lowest BCUT2D eigenvalue weighted by molar-refractivity contribution is 0.794. The van der Waals surface area contributed by atoms with Gasteiger partial charge in [-0.05, 0) is 106 Å². The van der Waals surface area contributed by atoms with Crippen LogP contribution in [-0.2, 0) is 6.42 Å². The van der Waals surface area contributed by atoms with Gasteiger partial charge in [0.2, 0.25) is 0 Å². The van der Waals surface area contributed by atoms with E-state index in [0.29, 0.717) is 11.1 Å². The summed E-state index contributed by atoms with van der Waals surface area (Å²) in [4.78, 5) is 0. The van der Waals surface area contributed by atoms with Crippen LogP contribution in [0, 0.1) is 22.7 Å². The maximum atomic E-state index is 9.29. The summed E-state index contributed by atoms with van der Waals surface area (Å²) in [5.74, 6) is 0.256. The fourth-order valence-corrected chi connectivity index (χ4v) is 6.76. The molecule has 3 heteroatoms. The molecule has 0 N–H and O–H groups in total. The molecule has 43 heavy (non-hydrogen) atoms. The number of hydrogen-bond donors (Lipinski definition) is 0. The van der Waals surface area contributed by atoms with E-state index in [1.807, 2.05) is 36.4 Å². The van der Waals surface area contributed by atoms with Crippen molar-refractivity contribution < 1.29 is 0 Å². The molecule has 0 amide bonds. The summed E-state index contributed by atoms with van der Waals surface area (Å²) < 4.78 is 2.28. The average molecular weight is 548 g/mol. The molecule has 0 saturated carbocycles. The lowest BCUT2D eigenvalue weighted by Gasteiger charge is -2.29. The number of hydrogen-bond acceptors (Lipinski definition) is 2. The fraction of sp³-hybridized carbons (Fsp3) is 0.0500. The zero-order chi connectivity index (χ0) is 28.9. The standard InChI is InChI=1S/C40H25N3/c41-24-26-9-13-28(14-10-26)36-23-31-16-15-29(21-37(31)34-6-2-1-5-33(34)36)30-17-20-40-38(22-30)35-7-3-4-8-39(35)43(40)32-18-11-27(25-42)12-19-32/h1-22,36H,23H2. The van der Waals surface area contributed by atoms with Crippen molar-refractivity contribution in [3.63, 3.8) is 0 Å². The van der Waals surface area contributed by atoms with Crippen molar-refractivity contribution in [3.8, 4) is 40.1 Å². The van der Waals surface area contributed by atoms with Crippen LogP contribution < -0.4 is 0 Å². The monoisotopic (exact) mass is 547 g/mol. The second-order valence-electron chi connectivity index (χ2n) is 11.2. The van der Waals surface area contributed by atoms with Gasteiger partial charge in [0.15, 0.2) is 0 Å². The number of nitriles is 2. The molecule has 3 nitrogen and oxygen atoms in total. The molecule has 0 spiro atoms. The summed E-state index contributed by atoms with van der Waals surface area (Å²) >= 11 is 0. The molecule has 0 radical (unpaired) electrons. The predicted molar refractivity (Wildman–Crippen MR) is 173 cm³/mol. The molecule has 1 aliphatic rings. The van der Waals surface area contributed by atoms with Crippen LogP contribution in [0.15, 0.2) is 133 Å². The molecule has 6 aromatic carbocycles. The van der Waals surface area contributed by atoms with Crippen molar-refractivity contribution in [1.82, 2.24) is 4.57 Å². The van der Waals surface area contributed by atoms with Gasteiger partial charge in [-0.25, -0.2) is 0 Å². The van der Waals surface area contributed by atoms with Crippen LogP contribution in [0.3, 0.4) is 0 Å². The highest BCUT2D eigenvalue weighted by atomic mass is 15.0. The first kappa shape index (κ1) is 24.9. The molecule has 0 fully saturated rings. The molecule has 1 aliphatic carbocycles. The molecule has 1 unspecified atom stereocenters. The highest BCUT2D eigenvalue weighted by Gasteiger charge is 2.26. The van der Waals surface area contributed by atoms with Gasteiger partial charge < -0.3 is 4.57 Å². The Morgan fingerprint density at radius 3 is 2.00 bits per heavy atom. The zero-order valence-electron chi connectivity index (χ0n) is 23.3. The van der Waals surface area contributed by atoms with Crippen molar-refractivity contribution in [1.29, 1.82) is 10.5 Å². The molecule has 0 saturated heterocycles. The summed E-state index contributed by atoms with van der Waals surface area (Å²) in [5.41, 5.74) is 13.5. The van der Waals surface area contributed by atoms with Crippen molar-refractivity contribution >= 4 is 21.8 Å². The normalized spacial score (nSPS) is 13.7. The van der Waals surface area contributed by atoms with Gasteiger partial charge in [0.1, 0.15) is 0 Å². The van der Waals surface area contributed by atoms with Gasteiger partial charge in [0.05, 0.1) is 34.3 Å². The van der Waals surface area contributed by atoms with E-state index in [9.17, 15) is 10.5 Å². The number of nitrogens with zero attached hydrogens (tertiary/aromatic N) is 3. The molecule has 0 bridgehead atoms. The van der Waals surface area contributed by atoms with E-state index < -0.39 is 0 Å². The van der Waals surface area contributed by atoms with Crippen LogP contribution in [0.5, 0.6) is 0 Å². The third kappa shape index (κ3) is 4.03. The topological polar surface area (TPSA) is 52.5 Å². The van der Waals surface area contributed by atoms with E-state index in [0.717, 1.165) is 23.1 Å². The molecule has 200 valence electrons. The Morgan fingerprint density at radius 1 is 0.558 bits per heavy atom. The Hall–Kier alpha value is -5.90. The SMILES string of the molecule is N#Cc1ccc(C2Cc3ccc(-c4ccc5c(c4)c4ccccc4n5-c4ccc(C#N)cc4)cc3-c3ccccc32)cc1. The molecule has 7 aromatic rings. The third-order valence-electron chi connectivity index (χ3n) is 8.86. The Balaban J connectivity index is 1.24. The average Bonchev–Trinajstić information content (AvgIpc) is 3.41. The van der Waals surface area contributed by atoms with Crippen LogP contribution in [0.25, 0.3) is 49.7 Å². The van der Waals surface area contributed by atoms with Crippen LogP contribution in [-0.4, -0.2) is 4.57 Å². The zero-order valence-corrected chi connectivity index (χ0v) is 23.3. The summed E-state index contributed by atoms with van der Waals surface area (Å²) in [6.07, 6.45) is 0.926. The van der Waals surface area contributed by atoms with E-state index in [4.69, 9.17) is 0 Å². The minimum absolute atomic E-state index is 0.256. The van der Waals surface area contributed by atoms with E-state index in [1.165, 1.54) is 49.7 Å². The van der Waals surface area contributed by atoms with Crippen LogP contribution in [0.2, 0.25) is 0 Å². The summed E-state index contributed by atoms with van der Waals surface area (Å²) in [5, 5.41) is 21.0. The van der Waals surface area contributed by atoms with Crippen LogP contribution in [0.1, 0.15) is 33.7 Å². The Labute approximate surface area is 250 Å². The molecule has 0 aliphatic heterocycles. The van der Waals surface area contributed by atoms with E-state index in [2.05, 4.69) is 114 Å². The summed E-state index contributed by atoms with van der Waals surface area (Å²) in [6, 6.07) is 51.2. The number of benzene rings is 6. The predicted octanol–water partition coefficient (Wildman–Crippen LogP) is 9.55. The van der Waals surface area contributed by atoms with Crippen LogP contribution in [0.4, 0.5) is 0 Å². The summed E-state index contributed by atoms with van der Waals surface area (Å²) in [6.45, 7) is 0. The Bertz CT molecular complexity index is 2270. The molecular weight excluding hydrogens is 522 g/mol. The van der Waals surface area contributed by atoms with Gasteiger partial charge in [-0.2, -0.15) is 10.5 Å². The molecule has 1 aromatic heterocycles. The van der Waals surface area contributed by atoms with Gasteiger partial charge in [-0.3, -0.25) is 0 Å². The fourth-order valence-electron chi connectivity index (χ4n) is 6.76. The largest absolute Gasteiger partial charge is 0.309 e. The highest BCUT2D eigenvalue weighted by Crippen LogP contribution is 2.44. The first-order valence-electron chi connectivity index (χ1n) is 14.5. The molecule has 8 rings (SSSR count). The maximum absolute atomic E-state index is 9.29. The number of aromatic nitrogens is 1. The molecule has 1 heterocycles. The Morgan fingerprint density at radius 2 is 1.21 bits per heavy atom. The van der Waals surface area contributed by atoms with Crippen LogP contribution >= 0.6 is 0 Å². The van der Waals surface area contributed by atoms with E-state index in [-0.39, 0.29) is 5.92 Å².